The molecule has 1 saturated carbocycles. The Kier molecular flexibility index (Phi) is 1.48. The monoisotopic (exact) mass is 191 g/mol. The van der Waals surface area contributed by atoms with Crippen molar-refractivity contribution in [2.24, 2.45) is 0 Å². The van der Waals surface area contributed by atoms with E-state index in [1.807, 2.05) is 0 Å². The fourth-order valence-corrected chi connectivity index (χ4v) is 2.60. The molecule has 1 fully saturated rings. The summed E-state index contributed by atoms with van der Waals surface area (Å²) in [5.41, 5.74) is 0.201. The van der Waals surface area contributed by atoms with Crippen molar-refractivity contribution in [3.63, 3.8) is 0 Å². The third-order valence-corrected chi connectivity index (χ3v) is 3.33. The first-order valence-corrected chi connectivity index (χ1v) is 5.13. The van der Waals surface area contributed by atoms with Crippen LogP contribution in [-0.4, -0.2) is 15.1 Å². The van der Waals surface area contributed by atoms with Gasteiger partial charge in [-0.15, -0.1) is 0 Å². The maximum Gasteiger partial charge on any atom is 0.254 e. The SMILES string of the molecule is O=c1ccnc2n1CC1(CCCC1)N2. The Labute approximate surface area is 82.0 Å². The highest BCUT2D eigenvalue weighted by molar-refractivity contribution is 5.36. The van der Waals surface area contributed by atoms with Crippen LogP contribution in [0.1, 0.15) is 25.7 Å². The van der Waals surface area contributed by atoms with Gasteiger partial charge in [0, 0.05) is 12.3 Å². The van der Waals surface area contributed by atoms with E-state index in [-0.39, 0.29) is 11.1 Å². The van der Waals surface area contributed by atoms with Crippen LogP contribution in [0.25, 0.3) is 0 Å². The maximum atomic E-state index is 11.5. The lowest BCUT2D eigenvalue weighted by Crippen LogP contribution is -2.33. The number of hydrogen-bond acceptors (Lipinski definition) is 3. The first kappa shape index (κ1) is 8.03. The fraction of sp³-hybridized carbons (Fsp3) is 0.600. The van der Waals surface area contributed by atoms with E-state index in [4.69, 9.17) is 0 Å². The number of anilines is 1. The lowest BCUT2D eigenvalue weighted by molar-refractivity contribution is 0.447. The molecular weight excluding hydrogens is 178 g/mol. The van der Waals surface area contributed by atoms with Crippen molar-refractivity contribution in [2.45, 2.75) is 37.8 Å². The Morgan fingerprint density at radius 2 is 2.21 bits per heavy atom. The van der Waals surface area contributed by atoms with E-state index in [0.717, 1.165) is 25.3 Å². The molecular formula is C10H13N3O. The molecule has 1 N–H and O–H groups in total. The normalized spacial score (nSPS) is 22.3. The molecule has 0 amide bonds. The highest BCUT2D eigenvalue weighted by atomic mass is 16.1. The summed E-state index contributed by atoms with van der Waals surface area (Å²) in [6.45, 7) is 0.801. The second-order valence-electron chi connectivity index (χ2n) is 4.31. The molecule has 1 spiro atoms. The molecule has 1 aromatic heterocycles. The predicted octanol–water partition coefficient (Wildman–Crippen LogP) is 0.982. The van der Waals surface area contributed by atoms with Crippen molar-refractivity contribution in [3.05, 3.63) is 22.6 Å². The third kappa shape index (κ3) is 0.997. The Morgan fingerprint density at radius 1 is 1.43 bits per heavy atom. The number of nitrogens with one attached hydrogen (secondary N) is 1. The largest absolute Gasteiger partial charge is 0.348 e. The summed E-state index contributed by atoms with van der Waals surface area (Å²) in [6.07, 6.45) is 6.42. The summed E-state index contributed by atoms with van der Waals surface area (Å²) in [6, 6.07) is 1.53. The molecule has 0 saturated heterocycles. The summed E-state index contributed by atoms with van der Waals surface area (Å²) >= 11 is 0. The molecule has 0 radical (unpaired) electrons. The minimum Gasteiger partial charge on any atom is -0.348 e. The van der Waals surface area contributed by atoms with Gasteiger partial charge in [-0.2, -0.15) is 0 Å². The molecule has 0 aromatic carbocycles. The fourth-order valence-electron chi connectivity index (χ4n) is 2.60. The Bertz CT molecular complexity index is 418. The molecule has 0 unspecified atom stereocenters. The van der Waals surface area contributed by atoms with E-state index in [1.165, 1.54) is 18.9 Å². The minimum atomic E-state index is 0.0614. The molecule has 0 atom stereocenters. The number of nitrogens with zero attached hydrogens (tertiary/aromatic N) is 2. The van der Waals surface area contributed by atoms with E-state index in [0.29, 0.717) is 0 Å². The van der Waals surface area contributed by atoms with E-state index < -0.39 is 0 Å². The van der Waals surface area contributed by atoms with Crippen molar-refractivity contribution in [1.29, 1.82) is 0 Å². The first-order chi connectivity index (χ1) is 6.79. The summed E-state index contributed by atoms with van der Waals surface area (Å²) in [7, 11) is 0. The average molecular weight is 191 g/mol. The van der Waals surface area contributed by atoms with Gasteiger partial charge in [0.15, 0.2) is 0 Å². The minimum absolute atomic E-state index is 0.0614. The van der Waals surface area contributed by atoms with Crippen LogP contribution in [0.15, 0.2) is 17.1 Å². The van der Waals surface area contributed by atoms with Gasteiger partial charge in [-0.05, 0) is 12.8 Å². The number of fused-ring (bicyclic) bond motifs is 1. The van der Waals surface area contributed by atoms with Crippen LogP contribution in [0, 0.1) is 0 Å². The Balaban J connectivity index is 2.04. The molecule has 74 valence electrons. The number of aromatic nitrogens is 2. The zero-order valence-electron chi connectivity index (χ0n) is 7.99. The predicted molar refractivity (Wildman–Crippen MR) is 53.3 cm³/mol. The second-order valence-corrected chi connectivity index (χ2v) is 4.31. The van der Waals surface area contributed by atoms with Crippen LogP contribution < -0.4 is 10.9 Å². The molecule has 1 aromatic rings. The van der Waals surface area contributed by atoms with Crippen molar-refractivity contribution >= 4 is 5.95 Å². The van der Waals surface area contributed by atoms with E-state index in [1.54, 1.807) is 10.8 Å². The highest BCUT2D eigenvalue weighted by Gasteiger charge is 2.40. The van der Waals surface area contributed by atoms with Crippen LogP contribution in [-0.2, 0) is 6.54 Å². The molecule has 1 aliphatic carbocycles. The average Bonchev–Trinajstić information content (AvgIpc) is 2.75. The van der Waals surface area contributed by atoms with Gasteiger partial charge < -0.3 is 5.32 Å². The first-order valence-electron chi connectivity index (χ1n) is 5.13. The zero-order chi connectivity index (χ0) is 9.60. The zero-order valence-corrected chi connectivity index (χ0v) is 7.99. The van der Waals surface area contributed by atoms with Gasteiger partial charge in [0.25, 0.3) is 5.56 Å². The van der Waals surface area contributed by atoms with Gasteiger partial charge in [0.1, 0.15) is 0 Å². The van der Waals surface area contributed by atoms with Crippen LogP contribution in [0.3, 0.4) is 0 Å². The van der Waals surface area contributed by atoms with Crippen LogP contribution in [0.2, 0.25) is 0 Å². The molecule has 4 heteroatoms. The molecule has 2 heterocycles. The van der Waals surface area contributed by atoms with Gasteiger partial charge in [0.2, 0.25) is 5.95 Å². The quantitative estimate of drug-likeness (QED) is 0.665. The molecule has 14 heavy (non-hydrogen) atoms. The standard InChI is InChI=1S/C10H13N3O/c14-8-3-6-11-9-12-10(7-13(8)9)4-1-2-5-10/h3,6H,1-2,4-5,7H2,(H,11,12). The maximum absolute atomic E-state index is 11.5. The Hall–Kier alpha value is -1.32. The summed E-state index contributed by atoms with van der Waals surface area (Å²) < 4.78 is 1.76. The van der Waals surface area contributed by atoms with Crippen LogP contribution >= 0.6 is 0 Å². The second kappa shape index (κ2) is 2.59. The lowest BCUT2D eigenvalue weighted by atomic mass is 9.99. The molecule has 3 rings (SSSR count). The summed E-state index contributed by atoms with van der Waals surface area (Å²) in [5, 5.41) is 3.40. The topological polar surface area (TPSA) is 46.9 Å². The number of hydrogen-bond donors (Lipinski definition) is 1. The molecule has 0 bridgehead atoms. The smallest absolute Gasteiger partial charge is 0.254 e. The molecule has 2 aliphatic rings. The van der Waals surface area contributed by atoms with Gasteiger partial charge in [-0.25, -0.2) is 4.98 Å². The number of rotatable bonds is 0. The van der Waals surface area contributed by atoms with Gasteiger partial charge in [0.05, 0.1) is 12.1 Å². The molecule has 4 nitrogen and oxygen atoms in total. The summed E-state index contributed by atoms with van der Waals surface area (Å²) in [5.74, 6) is 0.749. The Morgan fingerprint density at radius 3 is 2.93 bits per heavy atom. The molecule has 1 aliphatic heterocycles. The van der Waals surface area contributed by atoms with Gasteiger partial charge in [-0.1, -0.05) is 12.8 Å². The van der Waals surface area contributed by atoms with E-state index in [9.17, 15) is 4.79 Å². The van der Waals surface area contributed by atoms with Crippen LogP contribution in [0.5, 0.6) is 0 Å². The third-order valence-electron chi connectivity index (χ3n) is 3.33. The van der Waals surface area contributed by atoms with Crippen molar-refractivity contribution in [1.82, 2.24) is 9.55 Å². The summed E-state index contributed by atoms with van der Waals surface area (Å²) in [4.78, 5) is 15.7. The van der Waals surface area contributed by atoms with Crippen LogP contribution in [0.4, 0.5) is 5.95 Å². The van der Waals surface area contributed by atoms with E-state index >= 15 is 0 Å². The van der Waals surface area contributed by atoms with Gasteiger partial charge >= 0.3 is 0 Å². The van der Waals surface area contributed by atoms with Crippen molar-refractivity contribution in [2.75, 3.05) is 5.32 Å². The van der Waals surface area contributed by atoms with Crippen molar-refractivity contribution < 1.29 is 0 Å². The highest BCUT2D eigenvalue weighted by Crippen LogP contribution is 2.37. The van der Waals surface area contributed by atoms with Crippen molar-refractivity contribution in [3.8, 4) is 0 Å². The lowest BCUT2D eigenvalue weighted by Gasteiger charge is -2.21. The van der Waals surface area contributed by atoms with E-state index in [2.05, 4.69) is 10.3 Å². The van der Waals surface area contributed by atoms with Gasteiger partial charge in [-0.3, -0.25) is 9.36 Å².